The van der Waals surface area contributed by atoms with Crippen molar-refractivity contribution in [3.8, 4) is 0 Å². The lowest BCUT2D eigenvalue weighted by Crippen LogP contribution is -2.60. The van der Waals surface area contributed by atoms with E-state index in [1.54, 1.807) is 0 Å². The van der Waals surface area contributed by atoms with Gasteiger partial charge in [-0.15, -0.1) is 0 Å². The molecule has 2 heterocycles. The van der Waals surface area contributed by atoms with Gasteiger partial charge < -0.3 is 20.1 Å². The summed E-state index contributed by atoms with van der Waals surface area (Å²) in [6.07, 6.45) is 1.69. The first kappa shape index (κ1) is 30.3. The second kappa shape index (κ2) is 12.0. The van der Waals surface area contributed by atoms with E-state index >= 15 is 0 Å². The summed E-state index contributed by atoms with van der Waals surface area (Å²) in [4.78, 5) is 36.6. The molecule has 44 heavy (non-hydrogen) atoms. The number of hydrogen-bond donors (Lipinski definition) is 2. The minimum atomic E-state index is -0.913. The van der Waals surface area contributed by atoms with Crippen molar-refractivity contribution in [3.05, 3.63) is 95.7 Å². The Morgan fingerprint density at radius 3 is 2.27 bits per heavy atom. The molecule has 3 aromatic carbocycles. The quantitative estimate of drug-likeness (QED) is 0.205. The number of aryl methyl sites for hydroxylation is 1. The van der Waals surface area contributed by atoms with Gasteiger partial charge in [0.25, 0.3) is 0 Å². The highest BCUT2D eigenvalue weighted by atomic mass is 32.2. The van der Waals surface area contributed by atoms with Crippen molar-refractivity contribution in [1.82, 2.24) is 9.88 Å². The Labute approximate surface area is 265 Å². The third-order valence-electron chi connectivity index (χ3n) is 10.1. The Bertz CT molecular complexity index is 1640. The summed E-state index contributed by atoms with van der Waals surface area (Å²) < 4.78 is 0. The highest BCUT2D eigenvalue weighted by molar-refractivity contribution is 7.99. The van der Waals surface area contributed by atoms with Gasteiger partial charge in [-0.3, -0.25) is 9.59 Å². The average Bonchev–Trinajstić information content (AvgIpc) is 3.37. The molecular formula is C37H44N4O2S. The number of nitrogens with zero attached hydrogens (tertiary/aromatic N) is 2. The lowest BCUT2D eigenvalue weighted by molar-refractivity contribution is -0.147. The zero-order valence-electron chi connectivity index (χ0n) is 26.5. The van der Waals surface area contributed by atoms with Gasteiger partial charge in [-0.05, 0) is 90.0 Å². The molecule has 6 nitrogen and oxygen atoms in total. The topological polar surface area (TPSA) is 68.4 Å². The average molecular weight is 609 g/mol. The van der Waals surface area contributed by atoms with Gasteiger partial charge in [0.2, 0.25) is 11.8 Å². The van der Waals surface area contributed by atoms with Crippen LogP contribution >= 0.6 is 11.8 Å². The van der Waals surface area contributed by atoms with Crippen molar-refractivity contribution in [2.24, 2.45) is 11.3 Å². The van der Waals surface area contributed by atoms with E-state index in [1.165, 1.54) is 16.6 Å². The van der Waals surface area contributed by atoms with Crippen molar-refractivity contribution in [3.63, 3.8) is 0 Å². The molecule has 2 fully saturated rings. The Hall–Kier alpha value is -3.71. The molecule has 1 aliphatic heterocycles. The van der Waals surface area contributed by atoms with Gasteiger partial charge in [-0.1, -0.05) is 62.4 Å². The van der Waals surface area contributed by atoms with Gasteiger partial charge in [0.05, 0.1) is 0 Å². The van der Waals surface area contributed by atoms with E-state index in [9.17, 15) is 9.59 Å². The Kier molecular flexibility index (Phi) is 8.27. The number of aromatic nitrogens is 1. The highest BCUT2D eigenvalue weighted by Crippen LogP contribution is 2.67. The van der Waals surface area contributed by atoms with Gasteiger partial charge in [0.1, 0.15) is 5.54 Å². The van der Waals surface area contributed by atoms with Crippen LogP contribution in [-0.2, 0) is 16.1 Å². The second-order valence-corrected chi connectivity index (χ2v) is 14.5. The molecule has 0 bridgehead atoms. The van der Waals surface area contributed by atoms with E-state index in [2.05, 4.69) is 67.5 Å². The van der Waals surface area contributed by atoms with Gasteiger partial charge >= 0.3 is 0 Å². The smallest absolute Gasteiger partial charge is 0.250 e. The molecule has 2 aliphatic rings. The monoisotopic (exact) mass is 608 g/mol. The number of carbonyl (C=O) groups excluding carboxylic acids is 2. The molecule has 1 aliphatic carbocycles. The van der Waals surface area contributed by atoms with Gasteiger partial charge in [0.15, 0.2) is 0 Å². The number of anilines is 2. The summed E-state index contributed by atoms with van der Waals surface area (Å²) in [5, 5.41) is 4.47. The Balaban J connectivity index is 1.32. The van der Waals surface area contributed by atoms with E-state index < -0.39 is 5.54 Å². The summed E-state index contributed by atoms with van der Waals surface area (Å²) in [7, 11) is 4.00. The Morgan fingerprint density at radius 2 is 1.59 bits per heavy atom. The maximum atomic E-state index is 14.7. The summed E-state index contributed by atoms with van der Waals surface area (Å²) in [6, 6.07) is 26.5. The molecule has 1 aromatic heterocycles. The fraction of sp³-hybridized carbons (Fsp3) is 0.405. The molecule has 1 saturated heterocycles. The van der Waals surface area contributed by atoms with Crippen LogP contribution in [0.4, 0.5) is 11.4 Å². The predicted octanol–water partition coefficient (Wildman–Crippen LogP) is 7.61. The number of fused-ring (bicyclic) bond motifs is 1. The number of rotatable bonds is 9. The molecule has 2 N–H and O–H groups in total. The molecule has 0 spiro atoms. The first-order valence-corrected chi connectivity index (χ1v) is 16.9. The number of hydrogen-bond acceptors (Lipinski definition) is 4. The number of carbonyl (C=O) groups is 2. The summed E-state index contributed by atoms with van der Waals surface area (Å²) >= 11 is 1.86. The third-order valence-corrected chi connectivity index (χ3v) is 11.1. The van der Waals surface area contributed by atoms with Crippen LogP contribution in [0.3, 0.4) is 0 Å². The molecule has 6 rings (SSSR count). The van der Waals surface area contributed by atoms with E-state index in [1.807, 2.05) is 78.1 Å². The SMILES string of the molecule is Cc1[nH]c2ccccc2c1C1C(CC(=O)N(Cc2ccccc2)C2(C(=O)Nc3ccc(N(C)C)cc3)CCSCC2)C1(C)C. The van der Waals surface area contributed by atoms with E-state index in [4.69, 9.17) is 0 Å². The van der Waals surface area contributed by atoms with Crippen LogP contribution < -0.4 is 10.2 Å². The van der Waals surface area contributed by atoms with Crippen LogP contribution in [0, 0.1) is 18.3 Å². The first-order valence-electron chi connectivity index (χ1n) is 15.7. The zero-order chi connectivity index (χ0) is 31.1. The lowest BCUT2D eigenvalue weighted by Gasteiger charge is -2.45. The van der Waals surface area contributed by atoms with Crippen LogP contribution in [0.25, 0.3) is 10.9 Å². The van der Waals surface area contributed by atoms with E-state index in [-0.39, 0.29) is 29.1 Å². The van der Waals surface area contributed by atoms with Crippen molar-refractivity contribution in [1.29, 1.82) is 0 Å². The normalized spacial score (nSPS) is 20.2. The minimum absolute atomic E-state index is 0.0180. The number of H-pyrrole nitrogens is 1. The summed E-state index contributed by atoms with van der Waals surface area (Å²) in [6.45, 7) is 7.14. The predicted molar refractivity (Wildman–Crippen MR) is 183 cm³/mol. The van der Waals surface area contributed by atoms with Crippen molar-refractivity contribution >= 4 is 45.9 Å². The molecule has 0 radical (unpaired) electrons. The van der Waals surface area contributed by atoms with Gasteiger partial charge in [0, 0.05) is 55.0 Å². The molecule has 7 heteroatoms. The molecule has 230 valence electrons. The number of nitrogens with one attached hydrogen (secondary N) is 2. The van der Waals surface area contributed by atoms with Crippen LogP contribution in [0.2, 0.25) is 0 Å². The van der Waals surface area contributed by atoms with Crippen LogP contribution in [0.1, 0.15) is 55.8 Å². The molecule has 2 amide bonds. The largest absolute Gasteiger partial charge is 0.378 e. The third kappa shape index (κ3) is 5.63. The standard InChI is InChI=1S/C37H44N4O2S/c1-25-33(29-13-9-10-14-31(29)38-25)34-30(36(34,2)3)23-32(42)41(24-26-11-7-6-8-12-26)37(19-21-44-22-20-37)35(43)39-27-15-17-28(18-16-27)40(4)5/h6-18,30,34,38H,19-24H2,1-5H3,(H,39,43). The maximum absolute atomic E-state index is 14.7. The lowest BCUT2D eigenvalue weighted by atomic mass is 9.87. The number of aromatic amines is 1. The van der Waals surface area contributed by atoms with Crippen LogP contribution in [-0.4, -0.2) is 52.8 Å². The van der Waals surface area contributed by atoms with Crippen molar-refractivity contribution in [2.45, 2.75) is 58.0 Å². The van der Waals surface area contributed by atoms with E-state index in [0.29, 0.717) is 25.8 Å². The molecule has 2 atom stereocenters. The van der Waals surface area contributed by atoms with E-state index in [0.717, 1.165) is 34.0 Å². The fourth-order valence-corrected chi connectivity index (χ4v) is 8.53. The fourth-order valence-electron chi connectivity index (χ4n) is 7.36. The molecule has 2 unspecified atom stereocenters. The van der Waals surface area contributed by atoms with Crippen LogP contribution in [0.5, 0.6) is 0 Å². The minimum Gasteiger partial charge on any atom is -0.378 e. The second-order valence-electron chi connectivity index (χ2n) is 13.3. The maximum Gasteiger partial charge on any atom is 0.250 e. The number of thioether (sulfide) groups is 1. The molecule has 1 saturated carbocycles. The summed E-state index contributed by atoms with van der Waals surface area (Å²) in [5.74, 6) is 2.15. The Morgan fingerprint density at radius 1 is 0.932 bits per heavy atom. The molecular weight excluding hydrogens is 565 g/mol. The highest BCUT2D eigenvalue weighted by Gasteiger charge is 2.60. The molecule has 4 aromatic rings. The number of para-hydroxylation sites is 1. The van der Waals surface area contributed by atoms with Crippen molar-refractivity contribution < 1.29 is 9.59 Å². The first-order chi connectivity index (χ1) is 21.1. The zero-order valence-corrected chi connectivity index (χ0v) is 27.3. The number of amides is 2. The van der Waals surface area contributed by atoms with Gasteiger partial charge in [-0.2, -0.15) is 11.8 Å². The number of benzene rings is 3. The van der Waals surface area contributed by atoms with Crippen molar-refractivity contribution in [2.75, 3.05) is 35.8 Å². The van der Waals surface area contributed by atoms with Crippen LogP contribution in [0.15, 0.2) is 78.9 Å². The summed E-state index contributed by atoms with van der Waals surface area (Å²) in [5.41, 5.74) is 5.59. The van der Waals surface area contributed by atoms with Gasteiger partial charge in [-0.25, -0.2) is 0 Å².